The van der Waals surface area contributed by atoms with Crippen molar-refractivity contribution < 1.29 is 33.9 Å². The van der Waals surface area contributed by atoms with Gasteiger partial charge in [0, 0.05) is 0 Å². The second-order valence-electron chi connectivity index (χ2n) is 11.7. The molecule has 1 rings (SSSR count). The lowest BCUT2D eigenvalue weighted by Crippen LogP contribution is -2.58. The van der Waals surface area contributed by atoms with Gasteiger partial charge in [-0.15, -0.1) is 0 Å². The Labute approximate surface area is 282 Å². The van der Waals surface area contributed by atoms with E-state index < -0.39 is 72.3 Å². The van der Waals surface area contributed by atoms with Crippen LogP contribution in [-0.4, -0.2) is 97.0 Å². The molecule has 0 aromatic heterocycles. The van der Waals surface area contributed by atoms with E-state index in [1.807, 2.05) is 30.3 Å². The third-order valence-corrected chi connectivity index (χ3v) is 7.54. The van der Waals surface area contributed by atoms with Crippen molar-refractivity contribution in [3.8, 4) is 0 Å². The van der Waals surface area contributed by atoms with Crippen LogP contribution < -0.4 is 49.5 Å². The van der Waals surface area contributed by atoms with Gasteiger partial charge in [-0.1, -0.05) is 30.3 Å². The molecule has 5 amide bonds. The van der Waals surface area contributed by atoms with Crippen molar-refractivity contribution in [2.45, 2.75) is 101 Å². The third-order valence-electron chi connectivity index (χ3n) is 7.54. The van der Waals surface area contributed by atoms with Crippen LogP contribution in [0.15, 0.2) is 30.3 Å². The second kappa shape index (κ2) is 24.1. The van der Waals surface area contributed by atoms with Crippen LogP contribution in [0.1, 0.15) is 70.3 Å². The lowest BCUT2D eigenvalue weighted by Gasteiger charge is -2.26. The summed E-state index contributed by atoms with van der Waals surface area (Å²) >= 11 is 0. The lowest BCUT2D eigenvalue weighted by atomic mass is 10.0. The Balaban J connectivity index is 3.10. The van der Waals surface area contributed by atoms with E-state index in [4.69, 9.17) is 28.0 Å². The predicted molar refractivity (Wildman–Crippen MR) is 181 cm³/mol. The van der Waals surface area contributed by atoms with Crippen LogP contribution in [0.2, 0.25) is 0 Å². The highest BCUT2D eigenvalue weighted by Crippen LogP contribution is 2.09. The molecule has 16 nitrogen and oxygen atoms in total. The molecule has 14 N–H and O–H groups in total. The molecule has 16 heteroatoms. The fraction of sp³-hybridized carbons (Fsp3) is 0.625. The fourth-order valence-corrected chi connectivity index (χ4v) is 4.76. The molecule has 0 aliphatic rings. The Morgan fingerprint density at radius 1 is 0.625 bits per heavy atom. The van der Waals surface area contributed by atoms with Gasteiger partial charge in [0.05, 0.1) is 6.04 Å². The molecule has 1 aromatic carbocycles. The summed E-state index contributed by atoms with van der Waals surface area (Å²) in [7, 11) is 0. The van der Waals surface area contributed by atoms with Crippen LogP contribution in [0.5, 0.6) is 0 Å². The molecule has 0 unspecified atom stereocenters. The molecular weight excluding hydrogens is 622 g/mol. The summed E-state index contributed by atoms with van der Waals surface area (Å²) in [6.45, 7) is 1.89. The number of nitrogens with one attached hydrogen (secondary N) is 5. The van der Waals surface area contributed by atoms with Crippen LogP contribution in [-0.2, 0) is 35.2 Å². The number of carbonyl (C=O) groups is 6. The van der Waals surface area contributed by atoms with Crippen molar-refractivity contribution >= 4 is 35.5 Å². The van der Waals surface area contributed by atoms with Crippen molar-refractivity contribution in [1.29, 1.82) is 0 Å². The number of aliphatic carboxylic acids is 1. The highest BCUT2D eigenvalue weighted by molar-refractivity contribution is 5.96. The van der Waals surface area contributed by atoms with Gasteiger partial charge in [-0.3, -0.25) is 28.8 Å². The van der Waals surface area contributed by atoms with Gasteiger partial charge in [0.1, 0.15) is 30.7 Å². The summed E-state index contributed by atoms with van der Waals surface area (Å²) in [6.07, 6.45) is 4.20. The van der Waals surface area contributed by atoms with Crippen molar-refractivity contribution in [1.82, 2.24) is 26.6 Å². The smallest absolute Gasteiger partial charge is 0.322 e. The Bertz CT molecular complexity index is 1160. The Morgan fingerprint density at radius 3 is 1.46 bits per heavy atom. The van der Waals surface area contributed by atoms with Crippen LogP contribution in [0.3, 0.4) is 0 Å². The third kappa shape index (κ3) is 17.2. The summed E-state index contributed by atoms with van der Waals surface area (Å²) in [5.41, 5.74) is 23.9. The fourth-order valence-electron chi connectivity index (χ4n) is 4.76. The largest absolute Gasteiger partial charge is 0.480 e. The zero-order valence-electron chi connectivity index (χ0n) is 27.9. The molecule has 48 heavy (non-hydrogen) atoms. The number of hydrogen-bond acceptors (Lipinski definition) is 10. The zero-order chi connectivity index (χ0) is 35.9. The van der Waals surface area contributed by atoms with E-state index in [9.17, 15) is 28.8 Å². The van der Waals surface area contributed by atoms with E-state index in [-0.39, 0.29) is 25.7 Å². The number of hydrogen-bond donors (Lipinski definition) is 10. The first-order valence-electron chi connectivity index (χ1n) is 16.5. The van der Waals surface area contributed by atoms with E-state index in [0.717, 1.165) is 5.56 Å². The van der Waals surface area contributed by atoms with Crippen LogP contribution in [0, 0.1) is 0 Å². The number of amides is 5. The summed E-state index contributed by atoms with van der Waals surface area (Å²) in [5.74, 6) is -4.36. The SMILES string of the molecule is C[C@H](NC(=O)[C@H](CCCCN)NC(=O)[C@H](CCCCN)NC(=O)[C@H](CCCCN)NC(=O)[C@@H](N)Cc1ccccc1)C(=O)NCC(=O)O. The van der Waals surface area contributed by atoms with Gasteiger partial charge in [-0.2, -0.15) is 0 Å². The standard InChI is InChI=1S/C32H55N9O7/c1-21(28(44)37-20-27(42)43)38-30(46)24(13-5-8-16-33)40-32(48)26(15-7-10-18-35)41-31(47)25(14-6-9-17-34)39-29(45)23(36)19-22-11-3-2-4-12-22/h2-4,11-12,21,23-26H,5-10,13-20,33-36H2,1H3,(H,37,44)(H,38,46)(H,39,45)(H,40,48)(H,41,47)(H,42,43)/t21-,23-,24-,25-,26-/m0/s1. The molecule has 0 aliphatic carbocycles. The first-order valence-corrected chi connectivity index (χ1v) is 16.5. The van der Waals surface area contributed by atoms with Crippen molar-refractivity contribution in [2.24, 2.45) is 22.9 Å². The molecule has 0 spiro atoms. The Morgan fingerprint density at radius 2 is 1.04 bits per heavy atom. The molecule has 0 saturated heterocycles. The maximum atomic E-state index is 13.6. The molecule has 0 heterocycles. The van der Waals surface area contributed by atoms with Gasteiger partial charge in [0.25, 0.3) is 0 Å². The van der Waals surface area contributed by atoms with Gasteiger partial charge in [-0.25, -0.2) is 0 Å². The molecule has 0 saturated carbocycles. The number of carboxylic acids is 1. The first-order chi connectivity index (χ1) is 22.9. The topological polar surface area (TPSA) is 287 Å². The maximum absolute atomic E-state index is 13.6. The number of benzene rings is 1. The molecule has 0 fully saturated rings. The number of carbonyl (C=O) groups excluding carboxylic acids is 5. The molecule has 0 aliphatic heterocycles. The molecule has 0 bridgehead atoms. The van der Waals surface area contributed by atoms with Crippen molar-refractivity contribution in [3.63, 3.8) is 0 Å². The second-order valence-corrected chi connectivity index (χ2v) is 11.7. The van der Waals surface area contributed by atoms with E-state index in [2.05, 4.69) is 26.6 Å². The van der Waals surface area contributed by atoms with Crippen LogP contribution >= 0.6 is 0 Å². The van der Waals surface area contributed by atoms with Gasteiger partial charge in [0.15, 0.2) is 0 Å². The van der Waals surface area contributed by atoms with E-state index in [0.29, 0.717) is 58.2 Å². The van der Waals surface area contributed by atoms with Crippen LogP contribution in [0.25, 0.3) is 0 Å². The van der Waals surface area contributed by atoms with Gasteiger partial charge >= 0.3 is 5.97 Å². The molecule has 270 valence electrons. The van der Waals surface area contributed by atoms with Gasteiger partial charge in [-0.05, 0) is 96.3 Å². The highest BCUT2D eigenvalue weighted by Gasteiger charge is 2.31. The van der Waals surface area contributed by atoms with E-state index in [1.165, 1.54) is 6.92 Å². The van der Waals surface area contributed by atoms with Gasteiger partial charge in [0.2, 0.25) is 29.5 Å². The highest BCUT2D eigenvalue weighted by atomic mass is 16.4. The molecule has 5 atom stereocenters. The minimum Gasteiger partial charge on any atom is -0.480 e. The average molecular weight is 678 g/mol. The quantitative estimate of drug-likeness (QED) is 0.0510. The number of carboxylic acid groups (broad SMARTS) is 1. The number of nitrogens with two attached hydrogens (primary N) is 4. The summed E-state index contributed by atoms with van der Waals surface area (Å²) < 4.78 is 0. The molecule has 0 radical (unpaired) electrons. The average Bonchev–Trinajstić information content (AvgIpc) is 3.06. The first kappa shape index (κ1) is 41.9. The van der Waals surface area contributed by atoms with E-state index in [1.54, 1.807) is 0 Å². The predicted octanol–water partition coefficient (Wildman–Crippen LogP) is -1.90. The minimum absolute atomic E-state index is 0.193. The number of unbranched alkanes of at least 4 members (excludes halogenated alkanes) is 3. The Kier molecular flexibility index (Phi) is 21.0. The van der Waals surface area contributed by atoms with Crippen molar-refractivity contribution in [2.75, 3.05) is 26.2 Å². The minimum atomic E-state index is -1.24. The number of rotatable bonds is 25. The summed E-state index contributed by atoms with van der Waals surface area (Å²) in [4.78, 5) is 76.4. The lowest BCUT2D eigenvalue weighted by molar-refractivity contribution is -0.138. The summed E-state index contributed by atoms with van der Waals surface area (Å²) in [5, 5.41) is 21.7. The monoisotopic (exact) mass is 677 g/mol. The zero-order valence-corrected chi connectivity index (χ0v) is 27.9. The summed E-state index contributed by atoms with van der Waals surface area (Å²) in [6, 6.07) is 4.08. The van der Waals surface area contributed by atoms with Gasteiger partial charge < -0.3 is 54.6 Å². The molecular formula is C32H55N9O7. The molecule has 1 aromatic rings. The Hall–Kier alpha value is -4.12. The van der Waals surface area contributed by atoms with Crippen molar-refractivity contribution in [3.05, 3.63) is 35.9 Å². The van der Waals surface area contributed by atoms with Crippen LogP contribution in [0.4, 0.5) is 0 Å². The van der Waals surface area contributed by atoms with E-state index >= 15 is 0 Å². The normalized spacial score (nSPS) is 14.0. The maximum Gasteiger partial charge on any atom is 0.322 e.